The Morgan fingerprint density at radius 3 is 2.91 bits per heavy atom. The smallest absolute Gasteiger partial charge is 0.251 e. The molecule has 7 heteroatoms. The van der Waals surface area contributed by atoms with Gasteiger partial charge >= 0.3 is 0 Å². The number of hydrogen-bond acceptors (Lipinski definition) is 5. The molecule has 2 heterocycles. The highest BCUT2D eigenvalue weighted by molar-refractivity contribution is 6.32. The molecule has 2 fully saturated rings. The van der Waals surface area contributed by atoms with Gasteiger partial charge in [0.25, 0.3) is 5.91 Å². The first-order valence-electron chi connectivity index (χ1n) is 7.24. The topological polar surface area (TPSA) is 77.0 Å². The summed E-state index contributed by atoms with van der Waals surface area (Å²) in [7, 11) is 0. The van der Waals surface area contributed by atoms with E-state index in [1.165, 1.54) is 0 Å². The van der Waals surface area contributed by atoms with Gasteiger partial charge in [-0.15, -0.1) is 0 Å². The Morgan fingerprint density at radius 1 is 1.41 bits per heavy atom. The maximum atomic E-state index is 12.3. The summed E-state index contributed by atoms with van der Waals surface area (Å²) in [5.74, 6) is 0.288. The number of rotatable bonds is 4. The lowest BCUT2D eigenvalue weighted by Crippen LogP contribution is -2.44. The molecule has 0 spiro atoms. The molecule has 2 saturated heterocycles. The highest BCUT2D eigenvalue weighted by atomic mass is 35.5. The fourth-order valence-electron chi connectivity index (χ4n) is 2.77. The standard InChI is InChI=1S/C15H18ClNO5/c1-2-20-12-4-3-8(5-9(12)16)15(19)17-10-6-21-14-11(18)7-22-13(10)14/h3-5,10-11,13-14,18H,2,6-7H2,1H3,(H,17,19)/t10-,11-,13-,14-/m1/s1. The first-order valence-corrected chi connectivity index (χ1v) is 7.62. The highest BCUT2D eigenvalue weighted by Crippen LogP contribution is 2.28. The molecule has 0 aliphatic carbocycles. The number of nitrogens with one attached hydrogen (secondary N) is 1. The zero-order chi connectivity index (χ0) is 15.7. The van der Waals surface area contributed by atoms with Gasteiger partial charge < -0.3 is 24.6 Å². The number of aliphatic hydroxyl groups is 1. The summed E-state index contributed by atoms with van der Waals surface area (Å²) in [5, 5.41) is 12.9. The van der Waals surface area contributed by atoms with E-state index < -0.39 is 6.10 Å². The summed E-state index contributed by atoms with van der Waals surface area (Å²) in [5.41, 5.74) is 0.440. The lowest BCUT2D eigenvalue weighted by molar-refractivity contribution is 0.0178. The molecule has 1 aromatic carbocycles. The van der Waals surface area contributed by atoms with Crippen LogP contribution in [0.1, 0.15) is 17.3 Å². The summed E-state index contributed by atoms with van der Waals surface area (Å²) >= 11 is 6.09. The SMILES string of the molecule is CCOc1ccc(C(=O)N[C@@H]2CO[C@H]3[C@@H]2OC[C@H]3O)cc1Cl. The van der Waals surface area contributed by atoms with Gasteiger partial charge in [-0.2, -0.15) is 0 Å². The van der Waals surface area contributed by atoms with Gasteiger partial charge in [0.05, 0.1) is 30.9 Å². The van der Waals surface area contributed by atoms with E-state index in [2.05, 4.69) is 5.32 Å². The Balaban J connectivity index is 1.66. The minimum atomic E-state index is -0.633. The summed E-state index contributed by atoms with van der Waals surface area (Å²) in [6.45, 7) is 2.93. The molecule has 4 atom stereocenters. The maximum absolute atomic E-state index is 12.3. The molecule has 2 aliphatic heterocycles. The number of fused-ring (bicyclic) bond motifs is 1. The number of benzene rings is 1. The van der Waals surface area contributed by atoms with Crippen LogP contribution in [0.5, 0.6) is 5.75 Å². The van der Waals surface area contributed by atoms with E-state index in [-0.39, 0.29) is 30.8 Å². The minimum absolute atomic E-state index is 0.233. The molecule has 120 valence electrons. The zero-order valence-corrected chi connectivity index (χ0v) is 12.9. The summed E-state index contributed by atoms with van der Waals surface area (Å²) in [4.78, 5) is 12.3. The average Bonchev–Trinajstić information content (AvgIpc) is 3.06. The van der Waals surface area contributed by atoms with Crippen molar-refractivity contribution in [2.45, 2.75) is 31.3 Å². The molecule has 3 rings (SSSR count). The van der Waals surface area contributed by atoms with Crippen molar-refractivity contribution in [3.63, 3.8) is 0 Å². The van der Waals surface area contributed by atoms with Crippen LogP contribution in [0.4, 0.5) is 0 Å². The third-order valence-electron chi connectivity index (χ3n) is 3.84. The first kappa shape index (κ1) is 15.6. The lowest BCUT2D eigenvalue weighted by Gasteiger charge is -2.17. The molecule has 0 saturated carbocycles. The second kappa shape index (κ2) is 6.42. The number of aliphatic hydroxyl groups excluding tert-OH is 1. The van der Waals surface area contributed by atoms with E-state index in [9.17, 15) is 9.90 Å². The van der Waals surface area contributed by atoms with Crippen LogP contribution in [0.25, 0.3) is 0 Å². The minimum Gasteiger partial charge on any atom is -0.492 e. The van der Waals surface area contributed by atoms with Gasteiger partial charge in [0.2, 0.25) is 0 Å². The molecule has 1 amide bonds. The Bertz CT molecular complexity index is 567. The van der Waals surface area contributed by atoms with Crippen molar-refractivity contribution in [2.75, 3.05) is 19.8 Å². The van der Waals surface area contributed by atoms with E-state index in [4.69, 9.17) is 25.8 Å². The van der Waals surface area contributed by atoms with Gasteiger partial charge in [-0.05, 0) is 25.1 Å². The first-order chi connectivity index (χ1) is 10.6. The van der Waals surface area contributed by atoms with E-state index in [0.29, 0.717) is 29.5 Å². The lowest BCUT2D eigenvalue weighted by atomic mass is 10.1. The van der Waals surface area contributed by atoms with Crippen molar-refractivity contribution < 1.29 is 24.1 Å². The summed E-state index contributed by atoms with van der Waals surface area (Å²) in [6, 6.07) is 4.62. The number of carbonyl (C=O) groups is 1. The van der Waals surface area contributed by atoms with Gasteiger partial charge in [0.15, 0.2) is 0 Å². The van der Waals surface area contributed by atoms with Crippen LogP contribution < -0.4 is 10.1 Å². The number of amides is 1. The van der Waals surface area contributed by atoms with Crippen LogP contribution in [-0.4, -0.2) is 55.2 Å². The fraction of sp³-hybridized carbons (Fsp3) is 0.533. The molecule has 1 aromatic rings. The number of hydrogen-bond donors (Lipinski definition) is 2. The molecular weight excluding hydrogens is 310 g/mol. The largest absolute Gasteiger partial charge is 0.492 e. The van der Waals surface area contributed by atoms with Crippen molar-refractivity contribution in [3.05, 3.63) is 28.8 Å². The molecule has 0 radical (unpaired) electrons. The summed E-state index contributed by atoms with van der Waals surface area (Å²) < 4.78 is 16.3. The third-order valence-corrected chi connectivity index (χ3v) is 4.13. The quantitative estimate of drug-likeness (QED) is 0.862. The third kappa shape index (κ3) is 2.92. The Kier molecular flexibility index (Phi) is 4.54. The van der Waals surface area contributed by atoms with Gasteiger partial charge in [-0.25, -0.2) is 0 Å². The van der Waals surface area contributed by atoms with Gasteiger partial charge in [-0.3, -0.25) is 4.79 Å². The molecule has 0 unspecified atom stereocenters. The molecule has 2 aliphatic rings. The van der Waals surface area contributed by atoms with Crippen molar-refractivity contribution in [1.29, 1.82) is 0 Å². The van der Waals surface area contributed by atoms with Crippen LogP contribution in [0.3, 0.4) is 0 Å². The van der Waals surface area contributed by atoms with E-state index in [1.807, 2.05) is 6.92 Å². The predicted molar refractivity (Wildman–Crippen MR) is 79.4 cm³/mol. The number of ether oxygens (including phenoxy) is 3. The normalized spacial score (nSPS) is 30.1. The molecule has 0 aromatic heterocycles. The summed E-state index contributed by atoms with van der Waals surface area (Å²) in [6.07, 6.45) is -1.31. The Hall–Kier alpha value is -1.34. The van der Waals surface area contributed by atoms with Crippen LogP contribution in [0.2, 0.25) is 5.02 Å². The second-order valence-corrected chi connectivity index (χ2v) is 5.73. The second-order valence-electron chi connectivity index (χ2n) is 5.32. The van der Waals surface area contributed by atoms with Crippen molar-refractivity contribution in [1.82, 2.24) is 5.32 Å². The Labute approximate surface area is 133 Å². The molecule has 6 nitrogen and oxygen atoms in total. The number of carbonyl (C=O) groups excluding carboxylic acids is 1. The Morgan fingerprint density at radius 2 is 2.18 bits per heavy atom. The van der Waals surface area contributed by atoms with E-state index >= 15 is 0 Å². The van der Waals surface area contributed by atoms with Gasteiger partial charge in [0.1, 0.15) is 24.1 Å². The molecule has 0 bridgehead atoms. The molecule has 22 heavy (non-hydrogen) atoms. The van der Waals surface area contributed by atoms with E-state index in [1.54, 1.807) is 18.2 Å². The number of halogens is 1. The van der Waals surface area contributed by atoms with Gasteiger partial charge in [0, 0.05) is 5.56 Å². The van der Waals surface area contributed by atoms with Crippen molar-refractivity contribution >= 4 is 17.5 Å². The highest BCUT2D eigenvalue weighted by Gasteiger charge is 2.47. The fourth-order valence-corrected chi connectivity index (χ4v) is 3.00. The van der Waals surface area contributed by atoms with Crippen molar-refractivity contribution in [2.24, 2.45) is 0 Å². The monoisotopic (exact) mass is 327 g/mol. The molecule has 2 N–H and O–H groups in total. The van der Waals surface area contributed by atoms with Crippen LogP contribution in [0, 0.1) is 0 Å². The average molecular weight is 328 g/mol. The zero-order valence-electron chi connectivity index (χ0n) is 12.1. The van der Waals surface area contributed by atoms with Gasteiger partial charge in [-0.1, -0.05) is 11.6 Å². The maximum Gasteiger partial charge on any atom is 0.251 e. The van der Waals surface area contributed by atoms with Crippen molar-refractivity contribution in [3.8, 4) is 5.75 Å². The molecular formula is C15H18ClNO5. The van der Waals surface area contributed by atoms with Crippen LogP contribution in [-0.2, 0) is 9.47 Å². The van der Waals surface area contributed by atoms with Crippen LogP contribution in [0.15, 0.2) is 18.2 Å². The van der Waals surface area contributed by atoms with E-state index in [0.717, 1.165) is 0 Å². The van der Waals surface area contributed by atoms with Crippen LogP contribution >= 0.6 is 11.6 Å². The predicted octanol–water partition coefficient (Wildman–Crippen LogP) is 0.996.